The maximum atomic E-state index is 17.3. The highest BCUT2D eigenvalue weighted by molar-refractivity contribution is 5.93. The molecule has 2 atom stereocenters. The number of anilines is 3. The van der Waals surface area contributed by atoms with Crippen molar-refractivity contribution >= 4 is 29.2 Å². The van der Waals surface area contributed by atoms with Gasteiger partial charge in [-0.3, -0.25) is 0 Å². The van der Waals surface area contributed by atoms with Crippen molar-refractivity contribution in [3.63, 3.8) is 0 Å². The van der Waals surface area contributed by atoms with Crippen LogP contribution in [0, 0.1) is 40.7 Å². The molecule has 2 aliphatic rings. The van der Waals surface area contributed by atoms with Crippen LogP contribution in [-0.2, 0) is 10.8 Å². The van der Waals surface area contributed by atoms with Gasteiger partial charge in [0.25, 0.3) is 0 Å². The Morgan fingerprint density at radius 2 is 0.659 bits per heavy atom. The van der Waals surface area contributed by atoms with Crippen molar-refractivity contribution in [2.75, 3.05) is 4.90 Å². The molecule has 0 saturated carbocycles. The van der Waals surface area contributed by atoms with Crippen molar-refractivity contribution in [1.82, 2.24) is 0 Å². The Balaban J connectivity index is 1.000. The van der Waals surface area contributed by atoms with E-state index in [-0.39, 0.29) is 11.1 Å². The molecule has 0 spiro atoms. The largest absolute Gasteiger partial charge is 0.457 e. The molecule has 0 N–H and O–H groups in total. The number of hydrogen-bond donors (Lipinski definition) is 0. The van der Waals surface area contributed by atoms with Crippen LogP contribution in [0.1, 0.15) is 55.6 Å². The summed E-state index contributed by atoms with van der Waals surface area (Å²) in [4.78, 5) is 1.95. The molecule has 0 saturated heterocycles. The maximum Gasteiger partial charge on any atom is 0.163 e. The van der Waals surface area contributed by atoms with Gasteiger partial charge in [0.1, 0.15) is 40.4 Å². The first-order chi connectivity index (χ1) is 42.8. The summed E-state index contributed by atoms with van der Waals surface area (Å²) in [6.45, 7) is 7.68. The number of rotatable bonds is 14. The smallest absolute Gasteiger partial charge is 0.163 e. The van der Waals surface area contributed by atoms with Crippen molar-refractivity contribution in [2.24, 2.45) is 0 Å². The molecule has 88 heavy (non-hydrogen) atoms. The third-order valence-electron chi connectivity index (χ3n) is 16.9. The van der Waals surface area contributed by atoms with Crippen LogP contribution in [0.3, 0.4) is 0 Å². The molecule has 10 heteroatoms. The van der Waals surface area contributed by atoms with Crippen LogP contribution in [0.15, 0.2) is 268 Å². The molecule has 14 rings (SSSR count). The van der Waals surface area contributed by atoms with E-state index in [4.69, 9.17) is 9.47 Å². The fourth-order valence-electron chi connectivity index (χ4n) is 13.0. The number of halogens is 7. The van der Waals surface area contributed by atoms with Crippen LogP contribution in [0.4, 0.5) is 47.8 Å². The zero-order valence-corrected chi connectivity index (χ0v) is 46.7. The number of hydrogen-bond acceptors (Lipinski definition) is 3. The molecule has 3 nitrogen and oxygen atoms in total. The second-order valence-electron chi connectivity index (χ2n) is 21.7. The molecule has 426 valence electrons. The topological polar surface area (TPSA) is 21.7 Å². The molecule has 2 aliphatic carbocycles. The maximum absolute atomic E-state index is 17.3. The van der Waals surface area contributed by atoms with Crippen LogP contribution in [-0.4, -0.2) is 0 Å². The summed E-state index contributed by atoms with van der Waals surface area (Å²) in [5, 5.41) is 0. The first kappa shape index (κ1) is 54.9. The quantitative estimate of drug-likeness (QED) is 0.0800. The first-order valence-electron chi connectivity index (χ1n) is 28.3. The van der Waals surface area contributed by atoms with E-state index in [2.05, 4.69) is 13.2 Å². The molecule has 2 unspecified atom stereocenters. The van der Waals surface area contributed by atoms with E-state index in [9.17, 15) is 4.39 Å². The van der Waals surface area contributed by atoms with Crippen molar-refractivity contribution < 1.29 is 40.2 Å². The number of ether oxygens (including phenoxy) is 2. The third kappa shape index (κ3) is 9.06. The standard InChI is InChI=1S/C78H48F7NO2/c1-3-47-13-31-59(32-14-47)87-61-35-21-51(22-36-61)77(71-41-54(80)43-73(82)75(71)84)67-11-7-5-9-63(67)65-39-29-57(45-69(65)77)86(56-27-19-50(20-28-56)49-17-25-53(79)26-18-49)58-30-40-66-64-10-6-8-12-68(64)78(70(66)46-58,72-42-55(81)44-74(83)76(72)85)52-23-37-62(38-24-52)88-60-33-15-48(4-2)16-34-60/h3-46H,1-2H2. The Labute approximate surface area is 503 Å². The molecule has 0 aliphatic heterocycles. The highest BCUT2D eigenvalue weighted by Gasteiger charge is 2.51. The van der Waals surface area contributed by atoms with Crippen LogP contribution in [0.5, 0.6) is 23.0 Å². The number of benzene rings is 12. The van der Waals surface area contributed by atoms with Crippen molar-refractivity contribution in [3.8, 4) is 56.4 Å². The molecule has 0 heterocycles. The SMILES string of the molecule is C=Cc1ccc(Oc2ccc(C3(c4cc(F)cc(F)c4F)c4ccccc4-c4ccc(N(c5ccc(-c6ccc(F)cc6)cc5)c5ccc6c(c5)C(c5ccc(Oc7ccc(C=C)cc7)cc5)(c5cc(F)cc(F)c5F)c5ccccc5-6)cc43)cc2)cc1. The molecule has 0 radical (unpaired) electrons. The van der Waals surface area contributed by atoms with Gasteiger partial charge in [-0.15, -0.1) is 0 Å². The minimum atomic E-state index is -1.71. The van der Waals surface area contributed by atoms with Gasteiger partial charge in [0, 0.05) is 40.3 Å². The minimum Gasteiger partial charge on any atom is -0.457 e. The molecule has 12 aromatic carbocycles. The average Bonchev–Trinajstić information content (AvgIpc) is 1.52. The lowest BCUT2D eigenvalue weighted by molar-refractivity contribution is 0.473. The molecule has 0 amide bonds. The monoisotopic (exact) mass is 1160 g/mol. The van der Waals surface area contributed by atoms with Gasteiger partial charge in [-0.25, -0.2) is 30.7 Å². The lowest BCUT2D eigenvalue weighted by Gasteiger charge is -2.36. The Bertz CT molecular complexity index is 4460. The first-order valence-corrected chi connectivity index (χ1v) is 28.3. The Hall–Kier alpha value is -11.0. The lowest BCUT2D eigenvalue weighted by atomic mass is 9.67. The van der Waals surface area contributed by atoms with E-state index in [0.29, 0.717) is 108 Å². The van der Waals surface area contributed by atoms with Gasteiger partial charge in [0.2, 0.25) is 0 Å². The minimum absolute atomic E-state index is 0.274. The summed E-state index contributed by atoms with van der Waals surface area (Å²) >= 11 is 0. The Morgan fingerprint density at radius 3 is 1.06 bits per heavy atom. The van der Waals surface area contributed by atoms with Crippen LogP contribution < -0.4 is 14.4 Å². The van der Waals surface area contributed by atoms with Gasteiger partial charge in [0.05, 0.1) is 10.8 Å². The van der Waals surface area contributed by atoms with Crippen molar-refractivity contribution in [2.45, 2.75) is 10.8 Å². The fraction of sp³-hybridized carbons (Fsp3) is 0.0256. The summed E-state index contributed by atoms with van der Waals surface area (Å²) in [5.41, 5.74) is 6.64. The van der Waals surface area contributed by atoms with Crippen molar-refractivity contribution in [1.29, 1.82) is 0 Å². The fourth-order valence-corrected chi connectivity index (χ4v) is 13.0. The second kappa shape index (κ2) is 21.8. The Kier molecular flexibility index (Phi) is 13.6. The normalized spacial score (nSPS) is 15.2. The van der Waals surface area contributed by atoms with E-state index in [1.165, 1.54) is 12.1 Å². The summed E-state index contributed by atoms with van der Waals surface area (Å²) in [6.07, 6.45) is 3.44. The van der Waals surface area contributed by atoms with Gasteiger partial charge in [-0.2, -0.15) is 0 Å². The molecular weight excluding hydrogens is 1120 g/mol. The summed E-state index contributed by atoms with van der Waals surface area (Å²) in [7, 11) is 0. The average molecular weight is 1160 g/mol. The molecule has 0 aromatic heterocycles. The summed E-state index contributed by atoms with van der Waals surface area (Å²) in [5.74, 6) is -5.62. The zero-order valence-electron chi connectivity index (χ0n) is 46.7. The summed E-state index contributed by atoms with van der Waals surface area (Å²) < 4.78 is 126. The van der Waals surface area contributed by atoms with Crippen LogP contribution >= 0.6 is 0 Å². The van der Waals surface area contributed by atoms with E-state index in [1.807, 2.05) is 150 Å². The predicted octanol–water partition coefficient (Wildman–Crippen LogP) is 21.4. The lowest BCUT2D eigenvalue weighted by Crippen LogP contribution is -2.31. The highest BCUT2D eigenvalue weighted by Crippen LogP contribution is 2.61. The van der Waals surface area contributed by atoms with E-state index >= 15 is 26.3 Å². The van der Waals surface area contributed by atoms with E-state index < -0.39 is 51.6 Å². The molecule has 12 aromatic rings. The van der Waals surface area contributed by atoms with Crippen LogP contribution in [0.2, 0.25) is 0 Å². The van der Waals surface area contributed by atoms with Gasteiger partial charge in [0.15, 0.2) is 23.3 Å². The van der Waals surface area contributed by atoms with Gasteiger partial charge >= 0.3 is 0 Å². The van der Waals surface area contributed by atoms with Gasteiger partial charge in [-0.1, -0.05) is 159 Å². The van der Waals surface area contributed by atoms with E-state index in [1.54, 1.807) is 84.9 Å². The molecule has 0 fully saturated rings. The Morgan fingerprint density at radius 1 is 0.307 bits per heavy atom. The zero-order chi connectivity index (χ0) is 60.4. The third-order valence-corrected chi connectivity index (χ3v) is 16.9. The van der Waals surface area contributed by atoms with Crippen molar-refractivity contribution in [3.05, 3.63) is 364 Å². The highest BCUT2D eigenvalue weighted by atomic mass is 19.2. The van der Waals surface area contributed by atoms with Gasteiger partial charge in [-0.05, 0) is 187 Å². The number of fused-ring (bicyclic) bond motifs is 6. The van der Waals surface area contributed by atoms with Crippen LogP contribution in [0.25, 0.3) is 45.5 Å². The molecular formula is C78H48F7NO2. The second-order valence-corrected chi connectivity index (χ2v) is 21.7. The van der Waals surface area contributed by atoms with Gasteiger partial charge < -0.3 is 14.4 Å². The summed E-state index contributed by atoms with van der Waals surface area (Å²) in [6, 6.07) is 71.7. The number of nitrogens with zero attached hydrogens (tertiary/aromatic N) is 1. The molecule has 0 bridgehead atoms. The predicted molar refractivity (Wildman–Crippen MR) is 334 cm³/mol. The van der Waals surface area contributed by atoms with E-state index in [0.717, 1.165) is 34.4 Å².